The van der Waals surface area contributed by atoms with Gasteiger partial charge < -0.3 is 0 Å². The lowest BCUT2D eigenvalue weighted by molar-refractivity contribution is -0.121. The van der Waals surface area contributed by atoms with Gasteiger partial charge in [-0.15, -0.1) is 0 Å². The summed E-state index contributed by atoms with van der Waals surface area (Å²) in [6, 6.07) is 7.20. The quantitative estimate of drug-likeness (QED) is 0.766. The van der Waals surface area contributed by atoms with Crippen LogP contribution in [0.25, 0.3) is 0 Å². The first kappa shape index (κ1) is 11.2. The molecule has 0 saturated heterocycles. The van der Waals surface area contributed by atoms with E-state index in [0.29, 0.717) is 5.02 Å². The van der Waals surface area contributed by atoms with Crippen LogP contribution in [0.2, 0.25) is 5.02 Å². The number of carbonyl (C=O) groups is 1. The van der Waals surface area contributed by atoms with Crippen LogP contribution in [0.4, 0.5) is 0 Å². The van der Waals surface area contributed by atoms with Crippen molar-refractivity contribution in [3.63, 3.8) is 0 Å². The van der Waals surface area contributed by atoms with Crippen molar-refractivity contribution in [1.82, 2.24) is 4.90 Å². The lowest BCUT2D eigenvalue weighted by atomic mass is 10.0. The lowest BCUT2D eigenvalue weighted by Crippen LogP contribution is -2.25. The van der Waals surface area contributed by atoms with Crippen LogP contribution < -0.4 is 0 Å². The molecule has 1 atom stereocenters. The summed E-state index contributed by atoms with van der Waals surface area (Å²) in [6.07, 6.45) is 0. The van der Waals surface area contributed by atoms with E-state index in [1.54, 1.807) is 13.0 Å². The number of benzene rings is 1. The van der Waals surface area contributed by atoms with E-state index in [2.05, 4.69) is 0 Å². The van der Waals surface area contributed by atoms with Crippen LogP contribution in [0.1, 0.15) is 18.5 Å². The molecule has 0 heterocycles. The van der Waals surface area contributed by atoms with Crippen LogP contribution in [0.5, 0.6) is 0 Å². The average Bonchev–Trinajstić information content (AvgIpc) is 2.02. The fraction of sp³-hybridized carbons (Fsp3) is 0.364. The van der Waals surface area contributed by atoms with Gasteiger partial charge in [0.05, 0.1) is 6.04 Å². The van der Waals surface area contributed by atoms with Crippen LogP contribution in [0.15, 0.2) is 24.3 Å². The monoisotopic (exact) mass is 211 g/mol. The Morgan fingerprint density at radius 1 is 1.43 bits per heavy atom. The summed E-state index contributed by atoms with van der Waals surface area (Å²) in [4.78, 5) is 13.3. The molecule has 0 radical (unpaired) electrons. The summed E-state index contributed by atoms with van der Waals surface area (Å²) in [5, 5.41) is 0.663. The molecule has 0 saturated carbocycles. The maximum Gasteiger partial charge on any atom is 0.151 e. The van der Waals surface area contributed by atoms with Gasteiger partial charge in [0.1, 0.15) is 0 Å². The van der Waals surface area contributed by atoms with Crippen molar-refractivity contribution < 1.29 is 4.79 Å². The van der Waals surface area contributed by atoms with Crippen molar-refractivity contribution in [2.45, 2.75) is 13.0 Å². The number of ketones is 1. The molecule has 1 unspecified atom stereocenters. The van der Waals surface area contributed by atoms with Gasteiger partial charge in [-0.05, 0) is 38.7 Å². The standard InChI is InChI=1S/C11H14ClNO/c1-8(14)11(13(2)3)9-5-4-6-10(12)7-9/h4-7,11H,1-3H3. The van der Waals surface area contributed by atoms with Gasteiger partial charge in [0.2, 0.25) is 0 Å². The Labute approximate surface area is 89.5 Å². The molecule has 1 aromatic rings. The molecule has 0 aliphatic rings. The second kappa shape index (κ2) is 4.58. The molecule has 76 valence electrons. The number of nitrogens with zero attached hydrogens (tertiary/aromatic N) is 1. The average molecular weight is 212 g/mol. The van der Waals surface area contributed by atoms with E-state index in [4.69, 9.17) is 11.6 Å². The summed E-state index contributed by atoms with van der Waals surface area (Å²) in [6.45, 7) is 1.59. The zero-order valence-corrected chi connectivity index (χ0v) is 9.38. The fourth-order valence-electron chi connectivity index (χ4n) is 1.57. The SMILES string of the molecule is CC(=O)C(c1cccc(Cl)c1)N(C)C. The number of rotatable bonds is 3. The molecule has 0 fully saturated rings. The number of likely N-dealkylation sites (N-methyl/N-ethyl adjacent to an activating group) is 1. The van der Waals surface area contributed by atoms with E-state index in [9.17, 15) is 4.79 Å². The summed E-state index contributed by atoms with van der Waals surface area (Å²) in [7, 11) is 3.76. The van der Waals surface area contributed by atoms with Gasteiger partial charge in [0.15, 0.2) is 5.78 Å². The van der Waals surface area contributed by atoms with E-state index in [0.717, 1.165) is 5.56 Å². The van der Waals surface area contributed by atoms with Crippen LogP contribution >= 0.6 is 11.6 Å². The van der Waals surface area contributed by atoms with Crippen molar-refractivity contribution in [3.8, 4) is 0 Å². The molecule has 2 nitrogen and oxygen atoms in total. The number of carbonyl (C=O) groups excluding carboxylic acids is 1. The molecule has 1 rings (SSSR count). The highest BCUT2D eigenvalue weighted by Crippen LogP contribution is 2.21. The predicted molar refractivity (Wildman–Crippen MR) is 58.6 cm³/mol. The van der Waals surface area contributed by atoms with E-state index in [1.807, 2.05) is 37.2 Å². The molecule has 0 N–H and O–H groups in total. The maximum atomic E-state index is 11.4. The molecule has 0 amide bonds. The zero-order chi connectivity index (χ0) is 10.7. The minimum Gasteiger partial charge on any atom is -0.298 e. The first-order chi connectivity index (χ1) is 6.52. The zero-order valence-electron chi connectivity index (χ0n) is 8.62. The molecule has 0 aromatic heterocycles. The molecule has 0 aliphatic heterocycles. The summed E-state index contributed by atoms with van der Waals surface area (Å²) in [5.74, 6) is 0.122. The molecule has 0 spiro atoms. The van der Waals surface area contributed by atoms with E-state index < -0.39 is 0 Å². The Balaban J connectivity index is 3.05. The Bertz CT molecular complexity index is 336. The molecular weight excluding hydrogens is 198 g/mol. The van der Waals surface area contributed by atoms with Crippen molar-refractivity contribution >= 4 is 17.4 Å². The summed E-state index contributed by atoms with van der Waals surface area (Å²) in [5.41, 5.74) is 0.940. The Morgan fingerprint density at radius 2 is 2.07 bits per heavy atom. The van der Waals surface area contributed by atoms with E-state index in [-0.39, 0.29) is 11.8 Å². The third-order valence-corrected chi connectivity index (χ3v) is 2.30. The van der Waals surface area contributed by atoms with Gasteiger partial charge in [-0.25, -0.2) is 0 Å². The van der Waals surface area contributed by atoms with Crippen LogP contribution in [0.3, 0.4) is 0 Å². The molecule has 14 heavy (non-hydrogen) atoms. The number of hydrogen-bond donors (Lipinski definition) is 0. The first-order valence-electron chi connectivity index (χ1n) is 4.44. The highest BCUT2D eigenvalue weighted by Gasteiger charge is 2.18. The minimum absolute atomic E-state index is 0.122. The smallest absolute Gasteiger partial charge is 0.151 e. The number of Topliss-reactive ketones (excluding diaryl/α,β-unsaturated/α-hetero) is 1. The Hall–Kier alpha value is -0.860. The van der Waals surface area contributed by atoms with Gasteiger partial charge in [-0.2, -0.15) is 0 Å². The Morgan fingerprint density at radius 3 is 2.50 bits per heavy atom. The maximum absolute atomic E-state index is 11.4. The highest BCUT2D eigenvalue weighted by atomic mass is 35.5. The summed E-state index contributed by atoms with van der Waals surface area (Å²) < 4.78 is 0. The lowest BCUT2D eigenvalue weighted by Gasteiger charge is -2.21. The third-order valence-electron chi connectivity index (χ3n) is 2.07. The molecular formula is C11H14ClNO. The topological polar surface area (TPSA) is 20.3 Å². The van der Waals surface area contributed by atoms with Gasteiger partial charge in [0, 0.05) is 5.02 Å². The molecule has 3 heteroatoms. The van der Waals surface area contributed by atoms with Gasteiger partial charge in [-0.1, -0.05) is 23.7 Å². The van der Waals surface area contributed by atoms with Crippen molar-refractivity contribution in [2.24, 2.45) is 0 Å². The van der Waals surface area contributed by atoms with E-state index >= 15 is 0 Å². The normalized spacial score (nSPS) is 12.9. The second-order valence-corrected chi connectivity index (χ2v) is 3.97. The van der Waals surface area contributed by atoms with Crippen LogP contribution in [-0.4, -0.2) is 24.8 Å². The van der Waals surface area contributed by atoms with Crippen molar-refractivity contribution in [1.29, 1.82) is 0 Å². The minimum atomic E-state index is -0.200. The van der Waals surface area contributed by atoms with Gasteiger partial charge >= 0.3 is 0 Å². The Kier molecular flexibility index (Phi) is 3.67. The fourth-order valence-corrected chi connectivity index (χ4v) is 1.77. The van der Waals surface area contributed by atoms with Crippen LogP contribution in [-0.2, 0) is 4.79 Å². The summed E-state index contributed by atoms with van der Waals surface area (Å²) >= 11 is 5.87. The number of hydrogen-bond acceptors (Lipinski definition) is 2. The predicted octanol–water partition coefficient (Wildman–Crippen LogP) is 2.53. The first-order valence-corrected chi connectivity index (χ1v) is 4.82. The molecule has 1 aromatic carbocycles. The van der Waals surface area contributed by atoms with Crippen LogP contribution in [0, 0.1) is 0 Å². The number of halogens is 1. The molecule has 0 aliphatic carbocycles. The van der Waals surface area contributed by atoms with E-state index in [1.165, 1.54) is 0 Å². The molecule has 0 bridgehead atoms. The van der Waals surface area contributed by atoms with Crippen molar-refractivity contribution in [3.05, 3.63) is 34.9 Å². The van der Waals surface area contributed by atoms with Gasteiger partial charge in [0.25, 0.3) is 0 Å². The van der Waals surface area contributed by atoms with Gasteiger partial charge in [-0.3, -0.25) is 9.69 Å². The highest BCUT2D eigenvalue weighted by molar-refractivity contribution is 6.30. The second-order valence-electron chi connectivity index (χ2n) is 3.53. The third kappa shape index (κ3) is 2.56. The van der Waals surface area contributed by atoms with Crippen molar-refractivity contribution in [2.75, 3.05) is 14.1 Å². The largest absolute Gasteiger partial charge is 0.298 e.